The fourth-order valence-corrected chi connectivity index (χ4v) is 3.14. The van der Waals surface area contributed by atoms with Gasteiger partial charge in [0.25, 0.3) is 0 Å². The van der Waals surface area contributed by atoms with Gasteiger partial charge in [-0.3, -0.25) is 14.6 Å². The number of benzene rings is 1. The second-order valence-corrected chi connectivity index (χ2v) is 6.79. The molecular formula is C23H25N5O3. The lowest BCUT2D eigenvalue weighted by atomic mass is 10.2. The van der Waals surface area contributed by atoms with Crippen molar-refractivity contribution in [3.05, 3.63) is 77.4 Å². The van der Waals surface area contributed by atoms with Gasteiger partial charge in [-0.05, 0) is 63.2 Å². The number of rotatable bonds is 7. The topological polar surface area (TPSA) is 97.6 Å². The minimum Gasteiger partial charge on any atom is -0.494 e. The van der Waals surface area contributed by atoms with Gasteiger partial charge < -0.3 is 14.6 Å². The first kappa shape index (κ1) is 21.8. The molecule has 3 aromatic rings. The summed E-state index contributed by atoms with van der Waals surface area (Å²) in [6.07, 6.45) is 3.15. The highest BCUT2D eigenvalue weighted by Gasteiger charge is 2.13. The first-order valence-corrected chi connectivity index (χ1v) is 9.93. The largest absolute Gasteiger partial charge is 0.494 e. The van der Waals surface area contributed by atoms with Crippen LogP contribution >= 0.6 is 0 Å². The van der Waals surface area contributed by atoms with Crippen LogP contribution in [0, 0.1) is 13.8 Å². The normalized spacial score (nSPS) is 10.8. The zero-order chi connectivity index (χ0) is 22.2. The van der Waals surface area contributed by atoms with Gasteiger partial charge in [-0.15, -0.1) is 0 Å². The van der Waals surface area contributed by atoms with E-state index in [0.717, 1.165) is 28.4 Å². The molecule has 1 aromatic carbocycles. The Morgan fingerprint density at radius 2 is 1.90 bits per heavy atom. The molecule has 0 fully saturated rings. The second-order valence-electron chi connectivity index (χ2n) is 6.79. The molecule has 0 bridgehead atoms. The minimum atomic E-state index is -0.840. The third-order valence-corrected chi connectivity index (χ3v) is 4.61. The molecule has 2 aromatic heterocycles. The number of hydrogen-bond acceptors (Lipinski definition) is 5. The van der Waals surface area contributed by atoms with Crippen molar-refractivity contribution < 1.29 is 14.3 Å². The molecule has 0 unspecified atom stereocenters. The lowest BCUT2D eigenvalue weighted by Gasteiger charge is -2.10. The van der Waals surface area contributed by atoms with Gasteiger partial charge in [0.15, 0.2) is 0 Å². The van der Waals surface area contributed by atoms with Crippen molar-refractivity contribution in [3.8, 4) is 11.4 Å². The van der Waals surface area contributed by atoms with Crippen LogP contribution in [0.25, 0.3) is 5.69 Å². The van der Waals surface area contributed by atoms with Gasteiger partial charge in [-0.2, -0.15) is 5.10 Å². The lowest BCUT2D eigenvalue weighted by molar-refractivity contribution is -0.139. The summed E-state index contributed by atoms with van der Waals surface area (Å²) in [5.41, 5.74) is 6.72. The van der Waals surface area contributed by atoms with Crippen LogP contribution in [-0.4, -0.2) is 34.2 Å². The molecule has 0 radical (unpaired) electrons. The van der Waals surface area contributed by atoms with Crippen LogP contribution in [0.2, 0.25) is 0 Å². The quantitative estimate of drug-likeness (QED) is 0.349. The van der Waals surface area contributed by atoms with Crippen molar-refractivity contribution in [2.24, 2.45) is 5.10 Å². The smallest absolute Gasteiger partial charge is 0.329 e. The Kier molecular flexibility index (Phi) is 7.16. The molecule has 0 aliphatic heterocycles. The van der Waals surface area contributed by atoms with Gasteiger partial charge in [0.1, 0.15) is 5.75 Å². The van der Waals surface area contributed by atoms with E-state index in [-0.39, 0.29) is 6.54 Å². The minimum absolute atomic E-state index is 0.167. The van der Waals surface area contributed by atoms with Crippen molar-refractivity contribution in [1.82, 2.24) is 20.3 Å². The number of hydrazone groups is 1. The van der Waals surface area contributed by atoms with E-state index in [9.17, 15) is 9.59 Å². The van der Waals surface area contributed by atoms with Crippen molar-refractivity contribution >= 4 is 18.0 Å². The Bertz CT molecular complexity index is 1070. The number of pyridine rings is 1. The van der Waals surface area contributed by atoms with Crippen molar-refractivity contribution in [2.75, 3.05) is 6.61 Å². The summed E-state index contributed by atoms with van der Waals surface area (Å²) in [5.74, 6) is -0.797. The van der Waals surface area contributed by atoms with E-state index in [1.165, 1.54) is 6.21 Å². The molecule has 2 N–H and O–H groups in total. The predicted octanol–water partition coefficient (Wildman–Crippen LogP) is 2.65. The summed E-state index contributed by atoms with van der Waals surface area (Å²) in [6.45, 7) is 6.69. The highest BCUT2D eigenvalue weighted by atomic mass is 16.5. The van der Waals surface area contributed by atoms with E-state index in [2.05, 4.69) is 25.4 Å². The number of hydrogen-bond donors (Lipinski definition) is 2. The molecule has 31 heavy (non-hydrogen) atoms. The van der Waals surface area contributed by atoms with Gasteiger partial charge >= 0.3 is 11.8 Å². The molecule has 2 amide bonds. The molecule has 0 spiro atoms. The molecule has 2 heterocycles. The lowest BCUT2D eigenvalue weighted by Crippen LogP contribution is -2.37. The monoisotopic (exact) mass is 419 g/mol. The Balaban J connectivity index is 1.61. The molecule has 8 heteroatoms. The van der Waals surface area contributed by atoms with E-state index in [1.807, 2.05) is 57.2 Å². The fraction of sp³-hybridized carbons (Fsp3) is 0.217. The molecule has 0 saturated carbocycles. The predicted molar refractivity (Wildman–Crippen MR) is 118 cm³/mol. The first-order chi connectivity index (χ1) is 15.0. The van der Waals surface area contributed by atoms with E-state index in [1.54, 1.807) is 18.3 Å². The van der Waals surface area contributed by atoms with E-state index in [4.69, 9.17) is 4.74 Å². The molecule has 3 rings (SSSR count). The molecule has 0 saturated heterocycles. The molecule has 0 aliphatic carbocycles. The van der Waals surface area contributed by atoms with E-state index in [0.29, 0.717) is 12.3 Å². The number of amides is 2. The summed E-state index contributed by atoms with van der Waals surface area (Å²) in [5, 5.41) is 6.44. The van der Waals surface area contributed by atoms with Crippen molar-refractivity contribution in [3.63, 3.8) is 0 Å². The third-order valence-electron chi connectivity index (χ3n) is 4.61. The average Bonchev–Trinajstić information content (AvgIpc) is 3.06. The number of nitrogens with one attached hydrogen (secondary N) is 2. The van der Waals surface area contributed by atoms with Crippen LogP contribution in [0.1, 0.15) is 29.6 Å². The van der Waals surface area contributed by atoms with Gasteiger partial charge in [-0.1, -0.05) is 6.07 Å². The number of carbonyl (C=O) groups excluding carboxylic acids is 2. The van der Waals surface area contributed by atoms with E-state index < -0.39 is 11.8 Å². The van der Waals surface area contributed by atoms with Gasteiger partial charge in [0.05, 0.1) is 25.1 Å². The van der Waals surface area contributed by atoms with Crippen LogP contribution < -0.4 is 15.5 Å². The molecule has 160 valence electrons. The van der Waals surface area contributed by atoms with Gasteiger partial charge in [-0.25, -0.2) is 5.43 Å². The van der Waals surface area contributed by atoms with Crippen LogP contribution in [0.4, 0.5) is 0 Å². The van der Waals surface area contributed by atoms with Crippen molar-refractivity contribution in [2.45, 2.75) is 27.3 Å². The van der Waals surface area contributed by atoms with E-state index >= 15 is 0 Å². The first-order valence-electron chi connectivity index (χ1n) is 9.93. The standard InChI is InChI=1S/C23H25N5O3/c1-4-31-21-10-8-20(9-11-21)28-16(2)13-18(17(28)3)14-26-27-23(30)22(29)25-15-19-7-5-6-12-24-19/h5-14H,4,15H2,1-3H3,(H,25,29)(H,27,30)/b26-14-. The maximum atomic E-state index is 11.9. The summed E-state index contributed by atoms with van der Waals surface area (Å²) >= 11 is 0. The van der Waals surface area contributed by atoms with Crippen LogP contribution in [0.15, 0.2) is 59.8 Å². The summed E-state index contributed by atoms with van der Waals surface area (Å²) < 4.78 is 7.57. The Hall–Kier alpha value is -3.94. The van der Waals surface area contributed by atoms with Crippen molar-refractivity contribution in [1.29, 1.82) is 0 Å². The SMILES string of the molecule is CCOc1ccc(-n2c(C)cc(/C=N\NC(=O)C(=O)NCc3ccccn3)c2C)cc1. The zero-order valence-corrected chi connectivity index (χ0v) is 17.8. The molecule has 8 nitrogen and oxygen atoms in total. The molecule has 0 aliphatic rings. The Labute approximate surface area is 181 Å². The number of aryl methyl sites for hydroxylation is 1. The highest BCUT2D eigenvalue weighted by molar-refractivity contribution is 6.35. The van der Waals surface area contributed by atoms with Gasteiger partial charge in [0, 0.05) is 28.8 Å². The molecular weight excluding hydrogens is 394 g/mol. The van der Waals surface area contributed by atoms with Crippen LogP contribution in [0.5, 0.6) is 5.75 Å². The highest BCUT2D eigenvalue weighted by Crippen LogP contribution is 2.22. The fourth-order valence-electron chi connectivity index (χ4n) is 3.14. The molecule has 0 atom stereocenters. The third kappa shape index (κ3) is 5.57. The number of nitrogens with zero attached hydrogens (tertiary/aromatic N) is 3. The Morgan fingerprint density at radius 3 is 2.58 bits per heavy atom. The maximum Gasteiger partial charge on any atom is 0.329 e. The summed E-state index contributed by atoms with van der Waals surface area (Å²) in [6, 6.07) is 15.1. The number of ether oxygens (including phenoxy) is 1. The Morgan fingerprint density at radius 1 is 1.13 bits per heavy atom. The van der Waals surface area contributed by atoms with Gasteiger partial charge in [0.2, 0.25) is 0 Å². The zero-order valence-electron chi connectivity index (χ0n) is 17.8. The van der Waals surface area contributed by atoms with Crippen LogP contribution in [0.3, 0.4) is 0 Å². The second kappa shape index (κ2) is 10.2. The average molecular weight is 419 g/mol. The van der Waals surface area contributed by atoms with Crippen LogP contribution in [-0.2, 0) is 16.1 Å². The summed E-state index contributed by atoms with van der Waals surface area (Å²) in [7, 11) is 0. The summed E-state index contributed by atoms with van der Waals surface area (Å²) in [4.78, 5) is 27.9. The number of carbonyl (C=O) groups is 2. The number of aromatic nitrogens is 2. The maximum absolute atomic E-state index is 11.9.